The lowest BCUT2D eigenvalue weighted by Gasteiger charge is -2.42. The molecule has 1 spiro atoms. The van der Waals surface area contributed by atoms with Crippen molar-refractivity contribution in [1.29, 1.82) is 5.26 Å². The highest BCUT2D eigenvalue weighted by Crippen LogP contribution is 2.46. The van der Waals surface area contributed by atoms with Gasteiger partial charge >= 0.3 is 6.18 Å². The van der Waals surface area contributed by atoms with Crippen molar-refractivity contribution in [1.82, 2.24) is 14.7 Å². The van der Waals surface area contributed by atoms with Crippen LogP contribution in [0.4, 0.5) is 18.9 Å². The van der Waals surface area contributed by atoms with E-state index in [4.69, 9.17) is 5.26 Å². The molecule has 10 heteroatoms. The Morgan fingerprint density at radius 1 is 1.31 bits per heavy atom. The number of aromatic nitrogens is 2. The third-order valence-corrected chi connectivity index (χ3v) is 6.81. The fourth-order valence-corrected chi connectivity index (χ4v) is 4.96. The summed E-state index contributed by atoms with van der Waals surface area (Å²) in [5.41, 5.74) is -0.877. The molecular formula is C22H24F3N5O2. The van der Waals surface area contributed by atoms with Crippen LogP contribution in [0.5, 0.6) is 0 Å². The topological polar surface area (TPSA) is 85.4 Å². The van der Waals surface area contributed by atoms with E-state index in [1.165, 1.54) is 12.1 Å². The molecule has 32 heavy (non-hydrogen) atoms. The minimum absolute atomic E-state index is 0.0763. The first-order valence-electron chi connectivity index (χ1n) is 10.4. The number of rotatable bonds is 3. The van der Waals surface area contributed by atoms with E-state index in [1.54, 1.807) is 35.0 Å². The Kier molecular flexibility index (Phi) is 5.63. The summed E-state index contributed by atoms with van der Waals surface area (Å²) < 4.78 is 41.8. The second-order valence-electron chi connectivity index (χ2n) is 8.63. The molecule has 1 atom stereocenters. The molecule has 1 amide bonds. The van der Waals surface area contributed by atoms with Crippen molar-refractivity contribution in [3.05, 3.63) is 47.3 Å². The Bertz CT molecular complexity index is 1050. The number of hydrogen-bond donors (Lipinski definition) is 1. The van der Waals surface area contributed by atoms with Gasteiger partial charge in [0.2, 0.25) is 0 Å². The third kappa shape index (κ3) is 3.93. The molecule has 7 nitrogen and oxygen atoms in total. The zero-order valence-corrected chi connectivity index (χ0v) is 17.6. The van der Waals surface area contributed by atoms with E-state index in [9.17, 15) is 23.1 Å². The Hall–Kier alpha value is -3.06. The molecule has 2 saturated heterocycles. The summed E-state index contributed by atoms with van der Waals surface area (Å²) in [5, 5.41) is 23.2. The fraction of sp³-hybridized carbons (Fsp3) is 0.500. The molecule has 2 aromatic rings. The highest BCUT2D eigenvalue weighted by Gasteiger charge is 2.48. The van der Waals surface area contributed by atoms with Crippen LogP contribution in [0.2, 0.25) is 0 Å². The standard InChI is InChI=1S/C22H24F3N5O2/c1-28-7-4-19(27-28)20(32)29-8-5-21(6-9-29)14-30(12-16(21)13-31)17-3-2-15(11-26)18(10-17)22(23,24)25/h2-4,7,10,16,31H,5-6,8-9,12-14H2,1H3. The van der Waals surface area contributed by atoms with E-state index >= 15 is 0 Å². The van der Waals surface area contributed by atoms with E-state index in [1.807, 2.05) is 4.90 Å². The molecule has 2 aliphatic rings. The van der Waals surface area contributed by atoms with Gasteiger partial charge in [-0.15, -0.1) is 0 Å². The number of hydrogen-bond acceptors (Lipinski definition) is 5. The van der Waals surface area contributed by atoms with E-state index < -0.39 is 17.3 Å². The van der Waals surface area contributed by atoms with Crippen LogP contribution < -0.4 is 4.90 Å². The minimum atomic E-state index is -4.62. The molecule has 170 valence electrons. The predicted octanol–water partition coefficient (Wildman–Crippen LogP) is 2.66. The molecule has 3 heterocycles. The molecule has 2 fully saturated rings. The normalized spacial score (nSPS) is 20.6. The van der Waals surface area contributed by atoms with Crippen molar-refractivity contribution in [3.63, 3.8) is 0 Å². The first-order valence-corrected chi connectivity index (χ1v) is 10.4. The Labute approximate surface area is 183 Å². The number of aliphatic hydroxyl groups excluding tert-OH is 1. The number of carbonyl (C=O) groups is 1. The number of benzene rings is 1. The molecule has 4 rings (SSSR count). The monoisotopic (exact) mass is 447 g/mol. The van der Waals surface area contributed by atoms with Gasteiger partial charge < -0.3 is 14.9 Å². The van der Waals surface area contributed by atoms with Gasteiger partial charge in [0.15, 0.2) is 0 Å². The van der Waals surface area contributed by atoms with Gasteiger partial charge in [-0.2, -0.15) is 23.5 Å². The van der Waals surface area contributed by atoms with Crippen molar-refractivity contribution in [2.45, 2.75) is 19.0 Å². The molecule has 1 aromatic carbocycles. The number of halogens is 3. The molecule has 0 bridgehead atoms. The zero-order valence-electron chi connectivity index (χ0n) is 17.6. The lowest BCUT2D eigenvalue weighted by Crippen LogP contribution is -2.47. The maximum Gasteiger partial charge on any atom is 0.417 e. The second kappa shape index (κ2) is 8.13. The highest BCUT2D eigenvalue weighted by atomic mass is 19.4. The van der Waals surface area contributed by atoms with Crippen LogP contribution in [0.25, 0.3) is 0 Å². The molecule has 1 unspecified atom stereocenters. The Morgan fingerprint density at radius 3 is 2.59 bits per heavy atom. The average Bonchev–Trinajstić information content (AvgIpc) is 3.36. The minimum Gasteiger partial charge on any atom is -0.396 e. The van der Waals surface area contributed by atoms with Crippen LogP contribution in [0.15, 0.2) is 30.5 Å². The van der Waals surface area contributed by atoms with Gasteiger partial charge in [0, 0.05) is 57.6 Å². The van der Waals surface area contributed by atoms with Crippen molar-refractivity contribution in [2.75, 3.05) is 37.7 Å². The number of nitrogens with zero attached hydrogens (tertiary/aromatic N) is 5. The predicted molar refractivity (Wildman–Crippen MR) is 110 cm³/mol. The van der Waals surface area contributed by atoms with Crippen molar-refractivity contribution in [2.24, 2.45) is 18.4 Å². The summed E-state index contributed by atoms with van der Waals surface area (Å²) in [6.45, 7) is 1.84. The van der Waals surface area contributed by atoms with Gasteiger partial charge in [0.1, 0.15) is 5.69 Å². The van der Waals surface area contributed by atoms with Crippen LogP contribution >= 0.6 is 0 Å². The van der Waals surface area contributed by atoms with Crippen molar-refractivity contribution in [3.8, 4) is 6.07 Å². The Morgan fingerprint density at radius 2 is 2.03 bits per heavy atom. The number of carbonyl (C=O) groups excluding carboxylic acids is 1. The van der Waals surface area contributed by atoms with Gasteiger partial charge in [-0.25, -0.2) is 0 Å². The number of alkyl halides is 3. The van der Waals surface area contributed by atoms with E-state index in [0.29, 0.717) is 50.4 Å². The van der Waals surface area contributed by atoms with E-state index in [0.717, 1.165) is 6.07 Å². The molecule has 1 N–H and O–H groups in total. The summed E-state index contributed by atoms with van der Waals surface area (Å²) in [6.07, 6.45) is -1.61. The van der Waals surface area contributed by atoms with E-state index in [2.05, 4.69) is 5.10 Å². The van der Waals surface area contributed by atoms with Crippen LogP contribution in [0, 0.1) is 22.7 Å². The number of likely N-dealkylation sites (tertiary alicyclic amines) is 1. The average molecular weight is 447 g/mol. The van der Waals surface area contributed by atoms with Gasteiger partial charge in [-0.1, -0.05) is 0 Å². The molecule has 0 radical (unpaired) electrons. The van der Waals surface area contributed by atoms with Gasteiger partial charge in [-0.05, 0) is 42.5 Å². The van der Waals surface area contributed by atoms with Crippen molar-refractivity contribution >= 4 is 11.6 Å². The molecule has 2 aliphatic heterocycles. The quantitative estimate of drug-likeness (QED) is 0.782. The van der Waals surface area contributed by atoms with Gasteiger partial charge in [0.25, 0.3) is 5.91 Å². The lowest BCUT2D eigenvalue weighted by atomic mass is 9.71. The second-order valence-corrected chi connectivity index (χ2v) is 8.63. The molecule has 0 saturated carbocycles. The Balaban J connectivity index is 1.52. The largest absolute Gasteiger partial charge is 0.417 e. The first kappa shape index (κ1) is 22.1. The number of aryl methyl sites for hydroxylation is 1. The maximum atomic E-state index is 13.4. The number of aliphatic hydroxyl groups is 1. The smallest absolute Gasteiger partial charge is 0.396 e. The fourth-order valence-electron chi connectivity index (χ4n) is 4.96. The summed E-state index contributed by atoms with van der Waals surface area (Å²) in [6, 6.07) is 7.02. The molecule has 0 aliphatic carbocycles. The van der Waals surface area contributed by atoms with Crippen molar-refractivity contribution < 1.29 is 23.1 Å². The maximum absolute atomic E-state index is 13.4. The summed E-state index contributed by atoms with van der Waals surface area (Å²) in [4.78, 5) is 16.3. The first-order chi connectivity index (χ1) is 15.2. The molecule has 1 aromatic heterocycles. The summed E-state index contributed by atoms with van der Waals surface area (Å²) in [5.74, 6) is -0.252. The summed E-state index contributed by atoms with van der Waals surface area (Å²) in [7, 11) is 1.74. The molecular weight excluding hydrogens is 423 g/mol. The van der Waals surface area contributed by atoms with Gasteiger partial charge in [0.05, 0.1) is 17.2 Å². The van der Waals surface area contributed by atoms with Crippen LogP contribution in [-0.2, 0) is 13.2 Å². The SMILES string of the molecule is Cn1ccc(C(=O)N2CCC3(CC2)CN(c2ccc(C#N)c(C(F)(F)F)c2)CC3CO)n1. The van der Waals surface area contributed by atoms with E-state index in [-0.39, 0.29) is 23.8 Å². The van der Waals surface area contributed by atoms with Crippen LogP contribution in [0.3, 0.4) is 0 Å². The van der Waals surface area contributed by atoms with Crippen LogP contribution in [-0.4, -0.2) is 58.5 Å². The van der Waals surface area contributed by atoms with Gasteiger partial charge in [-0.3, -0.25) is 9.48 Å². The zero-order chi connectivity index (χ0) is 23.1. The highest BCUT2D eigenvalue weighted by molar-refractivity contribution is 5.92. The third-order valence-electron chi connectivity index (χ3n) is 6.81. The lowest BCUT2D eigenvalue weighted by molar-refractivity contribution is -0.137. The number of anilines is 1. The number of piperidine rings is 1. The number of nitriles is 1. The summed E-state index contributed by atoms with van der Waals surface area (Å²) >= 11 is 0. The number of amides is 1. The van der Waals surface area contributed by atoms with Crippen LogP contribution in [0.1, 0.15) is 34.5 Å².